The van der Waals surface area contributed by atoms with Crippen molar-refractivity contribution in [1.29, 1.82) is 0 Å². The van der Waals surface area contributed by atoms with Crippen LogP contribution < -0.4 is 0 Å². The molecule has 0 bridgehead atoms. The number of hydrogen-bond donors (Lipinski definition) is 1. The SMILES string of the molecule is C[Si](C)(C)O[C@@H]1CSC[C@H]1C(=O)O. The third kappa shape index (κ3) is 3.32. The number of hydrogen-bond acceptors (Lipinski definition) is 3. The van der Waals surface area contributed by atoms with Crippen molar-refractivity contribution in [3.8, 4) is 0 Å². The Kier molecular flexibility index (Phi) is 3.42. The van der Waals surface area contributed by atoms with Crippen LogP contribution in [0.5, 0.6) is 0 Å². The minimum atomic E-state index is -1.59. The fraction of sp³-hybridized carbons (Fsp3) is 0.875. The van der Waals surface area contributed by atoms with E-state index >= 15 is 0 Å². The average molecular weight is 220 g/mol. The Labute approximate surface area is 84.0 Å². The molecule has 0 aromatic carbocycles. The average Bonchev–Trinajstić information content (AvgIpc) is 2.31. The lowest BCUT2D eigenvalue weighted by molar-refractivity contribution is -0.143. The molecule has 1 heterocycles. The van der Waals surface area contributed by atoms with Crippen molar-refractivity contribution in [3.63, 3.8) is 0 Å². The van der Waals surface area contributed by atoms with Crippen LogP contribution in [0, 0.1) is 5.92 Å². The van der Waals surface area contributed by atoms with E-state index in [9.17, 15) is 4.79 Å². The zero-order valence-corrected chi connectivity index (χ0v) is 10.1. The molecule has 5 heteroatoms. The molecule has 1 aliphatic heterocycles. The van der Waals surface area contributed by atoms with Crippen molar-refractivity contribution < 1.29 is 14.3 Å². The van der Waals surface area contributed by atoms with Crippen LogP contribution in [0.1, 0.15) is 0 Å². The Bertz CT molecular complexity index is 202. The molecule has 0 aliphatic carbocycles. The highest BCUT2D eigenvalue weighted by molar-refractivity contribution is 7.99. The number of carboxylic acid groups (broad SMARTS) is 1. The molecule has 0 aromatic rings. The number of carboxylic acids is 1. The smallest absolute Gasteiger partial charge is 0.309 e. The van der Waals surface area contributed by atoms with Gasteiger partial charge in [0.05, 0.1) is 12.0 Å². The lowest BCUT2D eigenvalue weighted by atomic mass is 10.1. The Morgan fingerprint density at radius 3 is 2.54 bits per heavy atom. The zero-order chi connectivity index (χ0) is 10.1. The fourth-order valence-electron chi connectivity index (χ4n) is 1.34. The second kappa shape index (κ2) is 4.02. The molecule has 0 amide bonds. The van der Waals surface area contributed by atoms with E-state index in [1.54, 1.807) is 11.8 Å². The summed E-state index contributed by atoms with van der Waals surface area (Å²) in [6.45, 7) is 6.28. The van der Waals surface area contributed by atoms with E-state index in [4.69, 9.17) is 9.53 Å². The summed E-state index contributed by atoms with van der Waals surface area (Å²) in [5, 5.41) is 8.90. The van der Waals surface area contributed by atoms with Gasteiger partial charge in [0.25, 0.3) is 0 Å². The van der Waals surface area contributed by atoms with E-state index in [1.165, 1.54) is 0 Å². The van der Waals surface area contributed by atoms with Crippen LogP contribution in [0.2, 0.25) is 19.6 Å². The lowest BCUT2D eigenvalue weighted by Crippen LogP contribution is -2.38. The van der Waals surface area contributed by atoms with Gasteiger partial charge in [-0.15, -0.1) is 0 Å². The van der Waals surface area contributed by atoms with Crippen LogP contribution in [0.4, 0.5) is 0 Å². The van der Waals surface area contributed by atoms with E-state index in [-0.39, 0.29) is 12.0 Å². The van der Waals surface area contributed by atoms with Gasteiger partial charge in [0, 0.05) is 11.5 Å². The molecule has 1 N–H and O–H groups in total. The summed E-state index contributed by atoms with van der Waals surface area (Å²) >= 11 is 1.68. The van der Waals surface area contributed by atoms with Gasteiger partial charge in [-0.3, -0.25) is 4.79 Å². The standard InChI is InChI=1S/C8H16O3SSi/c1-13(2,3)11-7-5-12-4-6(7)8(9)10/h6-7H,4-5H2,1-3H3,(H,9,10)/t6-,7-/m1/s1. The van der Waals surface area contributed by atoms with Gasteiger partial charge in [-0.25, -0.2) is 0 Å². The van der Waals surface area contributed by atoms with E-state index in [2.05, 4.69) is 19.6 Å². The van der Waals surface area contributed by atoms with Crippen molar-refractivity contribution in [1.82, 2.24) is 0 Å². The maximum Gasteiger partial charge on any atom is 0.309 e. The fourth-order valence-corrected chi connectivity index (χ4v) is 3.89. The second-order valence-corrected chi connectivity index (χ2v) is 9.79. The zero-order valence-electron chi connectivity index (χ0n) is 8.24. The first-order valence-electron chi connectivity index (χ1n) is 4.38. The molecular weight excluding hydrogens is 204 g/mol. The van der Waals surface area contributed by atoms with Gasteiger partial charge in [0.1, 0.15) is 0 Å². The van der Waals surface area contributed by atoms with Gasteiger partial charge in [-0.2, -0.15) is 11.8 Å². The minimum Gasteiger partial charge on any atom is -0.481 e. The van der Waals surface area contributed by atoms with Crippen molar-refractivity contribution in [3.05, 3.63) is 0 Å². The highest BCUT2D eigenvalue weighted by atomic mass is 32.2. The van der Waals surface area contributed by atoms with Gasteiger partial charge in [-0.05, 0) is 19.6 Å². The predicted molar refractivity (Wildman–Crippen MR) is 56.7 cm³/mol. The number of rotatable bonds is 3. The summed E-state index contributed by atoms with van der Waals surface area (Å²) in [6.07, 6.45) is -0.0610. The molecule has 0 spiro atoms. The molecule has 1 fully saturated rings. The molecular formula is C8H16O3SSi. The van der Waals surface area contributed by atoms with Gasteiger partial charge in [0.15, 0.2) is 8.32 Å². The predicted octanol–water partition coefficient (Wildman–Crippen LogP) is 1.65. The molecule has 0 aromatic heterocycles. The normalized spacial score (nSPS) is 29.2. The van der Waals surface area contributed by atoms with E-state index in [1.807, 2.05) is 0 Å². The minimum absolute atomic E-state index is 0.0610. The topological polar surface area (TPSA) is 46.5 Å². The first-order valence-corrected chi connectivity index (χ1v) is 8.95. The van der Waals surface area contributed by atoms with Crippen molar-refractivity contribution in [2.75, 3.05) is 11.5 Å². The van der Waals surface area contributed by atoms with Gasteiger partial charge in [-0.1, -0.05) is 0 Å². The molecule has 0 saturated carbocycles. The molecule has 1 rings (SSSR count). The Balaban J connectivity index is 2.54. The summed E-state index contributed by atoms with van der Waals surface area (Å²) in [6, 6.07) is 0. The van der Waals surface area contributed by atoms with Gasteiger partial charge >= 0.3 is 5.97 Å². The van der Waals surface area contributed by atoms with Crippen LogP contribution >= 0.6 is 11.8 Å². The summed E-state index contributed by atoms with van der Waals surface area (Å²) < 4.78 is 5.81. The summed E-state index contributed by atoms with van der Waals surface area (Å²) in [7, 11) is -1.59. The van der Waals surface area contributed by atoms with Crippen LogP contribution in [0.15, 0.2) is 0 Å². The van der Waals surface area contributed by atoms with E-state index in [0.29, 0.717) is 5.75 Å². The molecule has 1 aliphatic rings. The van der Waals surface area contributed by atoms with Gasteiger partial charge in [0.2, 0.25) is 0 Å². The van der Waals surface area contributed by atoms with Gasteiger partial charge < -0.3 is 9.53 Å². The number of carbonyl (C=O) groups is 1. The van der Waals surface area contributed by atoms with Crippen molar-refractivity contribution in [2.24, 2.45) is 5.92 Å². The van der Waals surface area contributed by atoms with Crippen LogP contribution in [-0.4, -0.2) is 37.0 Å². The van der Waals surface area contributed by atoms with Crippen LogP contribution in [0.25, 0.3) is 0 Å². The van der Waals surface area contributed by atoms with E-state index < -0.39 is 14.3 Å². The van der Waals surface area contributed by atoms with E-state index in [0.717, 1.165) is 5.75 Å². The molecule has 13 heavy (non-hydrogen) atoms. The summed E-state index contributed by atoms with van der Waals surface area (Å²) in [4.78, 5) is 10.8. The first kappa shape index (κ1) is 11.1. The number of aliphatic carboxylic acids is 1. The first-order chi connectivity index (χ1) is 5.90. The Hall–Kier alpha value is -0.00312. The molecule has 2 atom stereocenters. The Morgan fingerprint density at radius 2 is 2.08 bits per heavy atom. The van der Waals surface area contributed by atoms with Crippen LogP contribution in [0.3, 0.4) is 0 Å². The lowest BCUT2D eigenvalue weighted by Gasteiger charge is -2.25. The molecule has 76 valence electrons. The number of thioether (sulfide) groups is 1. The highest BCUT2D eigenvalue weighted by Gasteiger charge is 2.36. The summed E-state index contributed by atoms with van der Waals surface area (Å²) in [5.41, 5.74) is 0. The highest BCUT2D eigenvalue weighted by Crippen LogP contribution is 2.29. The van der Waals surface area contributed by atoms with Crippen molar-refractivity contribution >= 4 is 26.0 Å². The largest absolute Gasteiger partial charge is 0.481 e. The Morgan fingerprint density at radius 1 is 1.46 bits per heavy atom. The molecule has 1 saturated heterocycles. The maximum absolute atomic E-state index is 10.8. The molecule has 3 nitrogen and oxygen atoms in total. The monoisotopic (exact) mass is 220 g/mol. The molecule has 0 radical (unpaired) electrons. The van der Waals surface area contributed by atoms with Crippen molar-refractivity contribution in [2.45, 2.75) is 25.7 Å². The quantitative estimate of drug-likeness (QED) is 0.735. The maximum atomic E-state index is 10.8. The third-order valence-electron chi connectivity index (χ3n) is 1.85. The molecule has 0 unspecified atom stereocenters. The second-order valence-electron chi connectivity index (χ2n) is 4.25. The third-order valence-corrected chi connectivity index (χ3v) is 4.02. The van der Waals surface area contributed by atoms with Crippen LogP contribution in [-0.2, 0) is 9.22 Å². The summed E-state index contributed by atoms with van der Waals surface area (Å²) in [5.74, 6) is 0.524.